The first-order valence-electron chi connectivity index (χ1n) is 6.59. The molecule has 0 radical (unpaired) electrons. The summed E-state index contributed by atoms with van der Waals surface area (Å²) in [6, 6.07) is 15.5. The van der Waals surface area contributed by atoms with E-state index in [1.54, 1.807) is 55.5 Å². The Hall–Kier alpha value is -2.86. The van der Waals surface area contributed by atoms with Crippen LogP contribution in [0.4, 0.5) is 0 Å². The van der Waals surface area contributed by atoms with Crippen LogP contribution in [0.2, 0.25) is 0 Å². The fourth-order valence-electron chi connectivity index (χ4n) is 1.69. The van der Waals surface area contributed by atoms with Crippen molar-refractivity contribution in [2.45, 2.75) is 6.92 Å². The van der Waals surface area contributed by atoms with Gasteiger partial charge in [-0.3, -0.25) is 4.79 Å². The molecule has 0 bridgehead atoms. The van der Waals surface area contributed by atoms with Crippen LogP contribution in [0.25, 0.3) is 0 Å². The van der Waals surface area contributed by atoms with Crippen molar-refractivity contribution < 1.29 is 14.3 Å². The molecule has 0 unspecified atom stereocenters. The summed E-state index contributed by atoms with van der Waals surface area (Å²) < 4.78 is 4.89. The number of carbonyl (C=O) groups excluding carboxylic acids is 2. The number of esters is 1. The largest absolute Gasteiger partial charge is 0.462 e. The van der Waals surface area contributed by atoms with E-state index < -0.39 is 0 Å². The van der Waals surface area contributed by atoms with Crippen molar-refractivity contribution in [3.63, 3.8) is 0 Å². The highest BCUT2D eigenvalue weighted by Crippen LogP contribution is 2.05. The summed E-state index contributed by atoms with van der Waals surface area (Å²) in [7, 11) is 0. The number of ketones is 1. The summed E-state index contributed by atoms with van der Waals surface area (Å²) in [6.45, 7) is 2.10. The Kier molecular flexibility index (Phi) is 4.89. The first kappa shape index (κ1) is 14.5. The van der Waals surface area contributed by atoms with Crippen LogP contribution in [-0.4, -0.2) is 18.4 Å². The molecule has 2 aromatic rings. The first-order valence-corrected chi connectivity index (χ1v) is 6.59. The second-order valence-corrected chi connectivity index (χ2v) is 4.24. The number of rotatable bonds is 3. The highest BCUT2D eigenvalue weighted by atomic mass is 16.5. The van der Waals surface area contributed by atoms with Gasteiger partial charge in [0.05, 0.1) is 12.2 Å². The normalized spacial score (nSPS) is 9.38. The van der Waals surface area contributed by atoms with Crippen LogP contribution in [0.1, 0.15) is 33.2 Å². The second kappa shape index (κ2) is 7.06. The van der Waals surface area contributed by atoms with E-state index in [0.717, 1.165) is 0 Å². The van der Waals surface area contributed by atoms with Gasteiger partial charge in [0, 0.05) is 11.1 Å². The number of carbonyl (C=O) groups is 2. The maximum Gasteiger partial charge on any atom is 0.338 e. The van der Waals surface area contributed by atoms with E-state index in [1.165, 1.54) is 0 Å². The van der Waals surface area contributed by atoms with Crippen molar-refractivity contribution in [3.8, 4) is 11.8 Å². The van der Waals surface area contributed by atoms with Gasteiger partial charge in [-0.1, -0.05) is 36.3 Å². The van der Waals surface area contributed by atoms with Crippen molar-refractivity contribution >= 4 is 11.8 Å². The van der Waals surface area contributed by atoms with E-state index in [0.29, 0.717) is 23.3 Å². The lowest BCUT2D eigenvalue weighted by Crippen LogP contribution is -2.04. The molecule has 0 aromatic heterocycles. The molecule has 3 heteroatoms. The Bertz CT molecular complexity index is 689. The molecule has 2 aromatic carbocycles. The second-order valence-electron chi connectivity index (χ2n) is 4.24. The summed E-state index contributed by atoms with van der Waals surface area (Å²) in [4.78, 5) is 23.3. The number of hydrogen-bond donors (Lipinski definition) is 0. The zero-order valence-corrected chi connectivity index (χ0v) is 11.6. The average molecular weight is 278 g/mol. The zero-order chi connectivity index (χ0) is 15.1. The smallest absolute Gasteiger partial charge is 0.338 e. The number of benzene rings is 2. The van der Waals surface area contributed by atoms with Gasteiger partial charge in [0.15, 0.2) is 0 Å². The lowest BCUT2D eigenvalue weighted by molar-refractivity contribution is 0.0526. The molecule has 0 amide bonds. The SMILES string of the molecule is CCOC(=O)c1ccc(C#CC(=O)c2ccccc2)cc1. The van der Waals surface area contributed by atoms with E-state index in [9.17, 15) is 9.59 Å². The van der Waals surface area contributed by atoms with E-state index in [4.69, 9.17) is 4.74 Å². The minimum absolute atomic E-state index is 0.231. The molecule has 2 rings (SSSR count). The maximum atomic E-state index is 11.8. The number of ether oxygens (including phenoxy) is 1. The Morgan fingerprint density at radius 1 is 0.952 bits per heavy atom. The monoisotopic (exact) mass is 278 g/mol. The molecule has 0 fully saturated rings. The van der Waals surface area contributed by atoms with Gasteiger partial charge in [-0.15, -0.1) is 0 Å². The maximum absolute atomic E-state index is 11.8. The van der Waals surface area contributed by atoms with Crippen LogP contribution in [0, 0.1) is 11.8 Å². The van der Waals surface area contributed by atoms with E-state index in [1.807, 2.05) is 6.07 Å². The Morgan fingerprint density at radius 3 is 2.24 bits per heavy atom. The van der Waals surface area contributed by atoms with Gasteiger partial charge in [0.2, 0.25) is 5.78 Å². The average Bonchev–Trinajstić information content (AvgIpc) is 2.54. The van der Waals surface area contributed by atoms with Crippen molar-refractivity contribution in [3.05, 3.63) is 71.3 Å². The van der Waals surface area contributed by atoms with Gasteiger partial charge in [-0.05, 0) is 37.1 Å². The van der Waals surface area contributed by atoms with Crippen molar-refractivity contribution in [2.24, 2.45) is 0 Å². The Balaban J connectivity index is 2.09. The van der Waals surface area contributed by atoms with Gasteiger partial charge in [0.25, 0.3) is 0 Å². The molecule has 0 aliphatic heterocycles. The molecule has 3 nitrogen and oxygen atoms in total. The van der Waals surface area contributed by atoms with Crippen LogP contribution in [0.15, 0.2) is 54.6 Å². The minimum atomic E-state index is -0.364. The molecule has 0 aliphatic carbocycles. The molecular weight excluding hydrogens is 264 g/mol. The fourth-order valence-corrected chi connectivity index (χ4v) is 1.69. The number of Topliss-reactive ketones (excluding diaryl/α,β-unsaturated/α-hetero) is 1. The standard InChI is InChI=1S/C18H14O3/c1-2-21-18(20)16-11-8-14(9-12-16)10-13-17(19)15-6-4-3-5-7-15/h3-9,11-12H,2H2,1H3. The summed E-state index contributed by atoms with van der Waals surface area (Å²) in [5, 5.41) is 0. The van der Waals surface area contributed by atoms with E-state index >= 15 is 0 Å². The predicted molar refractivity (Wildman–Crippen MR) is 80.0 cm³/mol. The topological polar surface area (TPSA) is 43.4 Å². The van der Waals surface area contributed by atoms with Gasteiger partial charge in [-0.2, -0.15) is 0 Å². The third-order valence-corrected chi connectivity index (χ3v) is 2.75. The molecule has 0 saturated carbocycles. The molecule has 0 spiro atoms. The predicted octanol–water partition coefficient (Wildman–Crippen LogP) is 3.10. The highest BCUT2D eigenvalue weighted by Gasteiger charge is 2.05. The van der Waals surface area contributed by atoms with Gasteiger partial charge in [0.1, 0.15) is 0 Å². The van der Waals surface area contributed by atoms with E-state index in [-0.39, 0.29) is 11.8 Å². The van der Waals surface area contributed by atoms with Gasteiger partial charge in [-0.25, -0.2) is 4.79 Å². The van der Waals surface area contributed by atoms with Crippen molar-refractivity contribution in [1.82, 2.24) is 0 Å². The molecular formula is C18H14O3. The molecule has 0 aliphatic rings. The summed E-state index contributed by atoms with van der Waals surface area (Å²) in [6.07, 6.45) is 0. The van der Waals surface area contributed by atoms with Crippen LogP contribution in [-0.2, 0) is 4.74 Å². The molecule has 0 atom stereocenters. The third-order valence-electron chi connectivity index (χ3n) is 2.75. The van der Waals surface area contributed by atoms with Gasteiger partial charge >= 0.3 is 5.97 Å². The molecule has 0 heterocycles. The van der Waals surface area contributed by atoms with Crippen molar-refractivity contribution in [2.75, 3.05) is 6.61 Å². The molecule has 0 saturated heterocycles. The molecule has 0 N–H and O–H groups in total. The first-order chi connectivity index (χ1) is 10.2. The molecule has 104 valence electrons. The lowest BCUT2D eigenvalue weighted by Gasteiger charge is -2.00. The number of hydrogen-bond acceptors (Lipinski definition) is 3. The quantitative estimate of drug-likeness (QED) is 0.492. The van der Waals surface area contributed by atoms with Crippen LogP contribution < -0.4 is 0 Å². The van der Waals surface area contributed by atoms with Crippen molar-refractivity contribution in [1.29, 1.82) is 0 Å². The summed E-state index contributed by atoms with van der Waals surface area (Å²) >= 11 is 0. The van der Waals surface area contributed by atoms with Crippen LogP contribution in [0.3, 0.4) is 0 Å². The highest BCUT2D eigenvalue weighted by molar-refractivity contribution is 6.09. The minimum Gasteiger partial charge on any atom is -0.462 e. The Morgan fingerprint density at radius 2 is 1.62 bits per heavy atom. The lowest BCUT2D eigenvalue weighted by atomic mass is 10.1. The van der Waals surface area contributed by atoms with Gasteiger partial charge < -0.3 is 4.74 Å². The third kappa shape index (κ3) is 4.05. The fraction of sp³-hybridized carbons (Fsp3) is 0.111. The van der Waals surface area contributed by atoms with E-state index in [2.05, 4.69) is 11.8 Å². The zero-order valence-electron chi connectivity index (χ0n) is 11.6. The van der Waals surface area contributed by atoms with Crippen LogP contribution in [0.5, 0.6) is 0 Å². The summed E-state index contributed by atoms with van der Waals surface area (Å²) in [5.74, 6) is 4.78. The van der Waals surface area contributed by atoms with Crippen LogP contribution >= 0.6 is 0 Å². The molecule has 21 heavy (non-hydrogen) atoms. The summed E-state index contributed by atoms with van der Waals surface area (Å²) in [5.41, 5.74) is 1.71. The Labute approximate surface area is 123 Å².